The van der Waals surface area contributed by atoms with E-state index in [1.165, 1.54) is 21.7 Å². The Morgan fingerprint density at radius 2 is 1.97 bits per heavy atom. The quantitative estimate of drug-likeness (QED) is 0.256. The van der Waals surface area contributed by atoms with Crippen molar-refractivity contribution in [3.63, 3.8) is 0 Å². The number of sulfonamides is 1. The minimum Gasteiger partial charge on any atom is -0.494 e. The molecule has 1 saturated heterocycles. The number of rotatable bonds is 8. The molecule has 11 heteroatoms. The molecule has 0 N–H and O–H groups in total. The number of ether oxygens (including phenoxy) is 1. The number of nitrogens with zero attached hydrogens (tertiary/aromatic N) is 3. The summed E-state index contributed by atoms with van der Waals surface area (Å²) in [7, 11) is -3.72. The molecule has 0 saturated carbocycles. The molecule has 37 heavy (non-hydrogen) atoms. The van der Waals surface area contributed by atoms with Gasteiger partial charge in [0.25, 0.3) is 10.0 Å². The van der Waals surface area contributed by atoms with Crippen LogP contribution in [0.2, 0.25) is 4.34 Å². The fourth-order valence-corrected chi connectivity index (χ4v) is 8.58. The second-order valence-electron chi connectivity index (χ2n) is 8.73. The van der Waals surface area contributed by atoms with Gasteiger partial charge in [0.1, 0.15) is 9.96 Å². The zero-order chi connectivity index (χ0) is 26.0. The summed E-state index contributed by atoms with van der Waals surface area (Å²) in [6.07, 6.45) is 1.21. The second-order valence-corrected chi connectivity index (χ2v) is 13.6. The zero-order valence-corrected chi connectivity index (χ0v) is 23.4. The molecule has 1 unspecified atom stereocenters. The van der Waals surface area contributed by atoms with Gasteiger partial charge in [-0.1, -0.05) is 53.3 Å². The van der Waals surface area contributed by atoms with E-state index in [1.807, 2.05) is 55.5 Å². The third-order valence-corrected chi connectivity index (χ3v) is 10.8. The van der Waals surface area contributed by atoms with Gasteiger partial charge in [0.05, 0.1) is 33.6 Å². The first-order valence-corrected chi connectivity index (χ1v) is 15.4. The van der Waals surface area contributed by atoms with Gasteiger partial charge in [0, 0.05) is 13.1 Å². The summed E-state index contributed by atoms with van der Waals surface area (Å²) in [6, 6.07) is 18.6. The normalized spacial score (nSPS) is 16.6. The molecule has 4 aromatic rings. The Kier molecular flexibility index (Phi) is 7.83. The third kappa shape index (κ3) is 5.68. The maximum Gasteiger partial charge on any atom is 0.252 e. The first-order chi connectivity index (χ1) is 17.8. The van der Waals surface area contributed by atoms with Crippen LogP contribution in [0.1, 0.15) is 25.3 Å². The first kappa shape index (κ1) is 26.1. The number of halogens is 1. The fraction of sp³-hybridized carbons (Fsp3) is 0.308. The van der Waals surface area contributed by atoms with Crippen molar-refractivity contribution in [3.05, 3.63) is 70.6 Å². The highest BCUT2D eigenvalue weighted by Gasteiger charge is 2.36. The number of anilines is 1. The van der Waals surface area contributed by atoms with Gasteiger partial charge >= 0.3 is 0 Å². The van der Waals surface area contributed by atoms with Gasteiger partial charge in [-0.2, -0.15) is 4.31 Å². The van der Waals surface area contributed by atoms with Crippen molar-refractivity contribution in [3.8, 4) is 5.75 Å². The van der Waals surface area contributed by atoms with Gasteiger partial charge in [-0.05, 0) is 55.7 Å². The Labute approximate surface area is 229 Å². The number of thiazole rings is 1. The maximum absolute atomic E-state index is 14.0. The summed E-state index contributed by atoms with van der Waals surface area (Å²) >= 11 is 8.46. The van der Waals surface area contributed by atoms with Crippen molar-refractivity contribution >= 4 is 65.6 Å². The van der Waals surface area contributed by atoms with Gasteiger partial charge in [-0.15, -0.1) is 11.3 Å². The predicted octanol–water partition coefficient (Wildman–Crippen LogP) is 6.04. The van der Waals surface area contributed by atoms with Crippen LogP contribution in [0.5, 0.6) is 5.75 Å². The number of thiophene rings is 1. The number of hydrogen-bond acceptors (Lipinski definition) is 7. The van der Waals surface area contributed by atoms with Gasteiger partial charge in [-0.25, -0.2) is 13.4 Å². The molecule has 5 rings (SSSR count). The number of amides is 1. The molecule has 194 valence electrons. The van der Waals surface area contributed by atoms with Crippen LogP contribution in [-0.4, -0.2) is 43.3 Å². The summed E-state index contributed by atoms with van der Waals surface area (Å²) in [5, 5.41) is 0.586. The lowest BCUT2D eigenvalue weighted by atomic mass is 9.98. The van der Waals surface area contributed by atoms with Crippen LogP contribution >= 0.6 is 34.3 Å². The second kappa shape index (κ2) is 11.1. The van der Waals surface area contributed by atoms with Crippen molar-refractivity contribution in [1.82, 2.24) is 9.29 Å². The predicted molar refractivity (Wildman–Crippen MR) is 149 cm³/mol. The van der Waals surface area contributed by atoms with Crippen molar-refractivity contribution < 1.29 is 17.9 Å². The molecular weight excluding hydrogens is 550 g/mol. The third-order valence-electron chi connectivity index (χ3n) is 6.22. The number of hydrogen-bond donors (Lipinski definition) is 0. The minimum atomic E-state index is -3.72. The van der Waals surface area contributed by atoms with E-state index in [2.05, 4.69) is 0 Å². The lowest BCUT2D eigenvalue weighted by molar-refractivity contribution is -0.123. The van der Waals surface area contributed by atoms with Crippen LogP contribution in [0.3, 0.4) is 0 Å². The Bertz CT molecular complexity index is 1500. The largest absolute Gasteiger partial charge is 0.494 e. The van der Waals surface area contributed by atoms with Crippen LogP contribution in [0.4, 0.5) is 5.13 Å². The SMILES string of the molecule is CCOc1ccc2nc(N(Cc3ccccc3)C(=O)C3CCCN(S(=O)(=O)c4ccc(Cl)s4)C3)sc2c1. The summed E-state index contributed by atoms with van der Waals surface area (Å²) in [5.74, 6) is 0.152. The van der Waals surface area contributed by atoms with E-state index >= 15 is 0 Å². The molecule has 1 fully saturated rings. The van der Waals surface area contributed by atoms with Crippen LogP contribution in [0.25, 0.3) is 10.2 Å². The summed E-state index contributed by atoms with van der Waals surface area (Å²) in [4.78, 5) is 20.5. The van der Waals surface area contributed by atoms with Gasteiger partial charge < -0.3 is 4.74 Å². The number of carbonyl (C=O) groups excluding carboxylic acids is 1. The molecule has 1 atom stereocenters. The Balaban J connectivity index is 1.45. The van der Waals surface area contributed by atoms with Crippen LogP contribution in [0, 0.1) is 5.92 Å². The highest BCUT2D eigenvalue weighted by molar-refractivity contribution is 7.91. The lowest BCUT2D eigenvalue weighted by Crippen LogP contribution is -2.46. The van der Waals surface area contributed by atoms with E-state index in [0.717, 1.165) is 32.9 Å². The molecule has 0 bridgehead atoms. The van der Waals surface area contributed by atoms with Crippen LogP contribution in [0.15, 0.2) is 64.9 Å². The molecule has 0 aliphatic carbocycles. The molecular formula is C26H26ClN3O4S3. The highest BCUT2D eigenvalue weighted by Crippen LogP contribution is 2.35. The molecule has 1 amide bonds. The van der Waals surface area contributed by atoms with E-state index in [1.54, 1.807) is 11.0 Å². The molecule has 1 aliphatic rings. The summed E-state index contributed by atoms with van der Waals surface area (Å²) < 4.78 is 35.0. The van der Waals surface area contributed by atoms with Crippen molar-refractivity contribution in [2.24, 2.45) is 5.92 Å². The zero-order valence-electron chi connectivity index (χ0n) is 20.2. The number of aromatic nitrogens is 1. The summed E-state index contributed by atoms with van der Waals surface area (Å²) in [5.41, 5.74) is 1.76. The maximum atomic E-state index is 14.0. The lowest BCUT2D eigenvalue weighted by Gasteiger charge is -2.33. The van der Waals surface area contributed by atoms with Crippen molar-refractivity contribution in [1.29, 1.82) is 0 Å². The average molecular weight is 576 g/mol. The highest BCUT2D eigenvalue weighted by atomic mass is 35.5. The molecule has 0 spiro atoms. The molecule has 1 aliphatic heterocycles. The van der Waals surface area contributed by atoms with Crippen LogP contribution < -0.4 is 9.64 Å². The van der Waals surface area contributed by atoms with E-state index in [9.17, 15) is 13.2 Å². The Morgan fingerprint density at radius 3 is 2.70 bits per heavy atom. The monoisotopic (exact) mass is 575 g/mol. The number of carbonyl (C=O) groups is 1. The Morgan fingerprint density at radius 1 is 1.16 bits per heavy atom. The average Bonchev–Trinajstić information content (AvgIpc) is 3.54. The van der Waals surface area contributed by atoms with Gasteiger partial charge in [-0.3, -0.25) is 9.69 Å². The van der Waals surface area contributed by atoms with Gasteiger partial charge in [0.2, 0.25) is 5.91 Å². The number of benzene rings is 2. The topological polar surface area (TPSA) is 79.8 Å². The fourth-order valence-electron chi connectivity index (χ4n) is 4.42. The van der Waals surface area contributed by atoms with Crippen molar-refractivity contribution in [2.45, 2.75) is 30.5 Å². The molecule has 0 radical (unpaired) electrons. The summed E-state index contributed by atoms with van der Waals surface area (Å²) in [6.45, 7) is 3.35. The Hall–Kier alpha value is -2.50. The smallest absolute Gasteiger partial charge is 0.252 e. The molecule has 3 heterocycles. The van der Waals surface area contributed by atoms with Crippen molar-refractivity contribution in [2.75, 3.05) is 24.6 Å². The number of piperidine rings is 1. The van der Waals surface area contributed by atoms with Crippen LogP contribution in [-0.2, 0) is 21.4 Å². The van der Waals surface area contributed by atoms with E-state index in [0.29, 0.717) is 42.0 Å². The van der Waals surface area contributed by atoms with E-state index in [-0.39, 0.29) is 16.7 Å². The molecule has 2 aromatic carbocycles. The standard InChI is InChI=1S/C26H26ClN3O4S3/c1-2-34-20-10-11-21-22(15-20)35-26(28-21)30(16-18-7-4-3-5-8-18)25(31)19-9-6-14-29(17-19)37(32,33)24-13-12-23(27)36-24/h3-5,7-8,10-13,15,19H,2,6,9,14,16-17H2,1H3. The number of fused-ring (bicyclic) bond motifs is 1. The van der Waals surface area contributed by atoms with Gasteiger partial charge in [0.15, 0.2) is 5.13 Å². The first-order valence-electron chi connectivity index (χ1n) is 12.0. The minimum absolute atomic E-state index is 0.126. The van der Waals surface area contributed by atoms with E-state index in [4.69, 9.17) is 21.3 Å². The molecule has 7 nitrogen and oxygen atoms in total. The van der Waals surface area contributed by atoms with E-state index < -0.39 is 15.9 Å². The molecule has 2 aromatic heterocycles.